The third-order valence-electron chi connectivity index (χ3n) is 4.08. The van der Waals surface area contributed by atoms with Crippen LogP contribution in [0, 0.1) is 5.82 Å². The molecule has 0 bridgehead atoms. The predicted molar refractivity (Wildman–Crippen MR) is 119 cm³/mol. The van der Waals surface area contributed by atoms with Crippen molar-refractivity contribution in [3.05, 3.63) is 65.5 Å². The van der Waals surface area contributed by atoms with Gasteiger partial charge in [-0.05, 0) is 41.3 Å². The van der Waals surface area contributed by atoms with Crippen LogP contribution in [0.4, 0.5) is 15.2 Å². The average Bonchev–Trinajstić information content (AvgIpc) is 3.13. The second-order valence-corrected chi connectivity index (χ2v) is 9.70. The number of amides is 2. The minimum atomic E-state index is -0.419. The van der Waals surface area contributed by atoms with Crippen LogP contribution >= 0.6 is 23.1 Å². The fraction of sp³-hybridized carbons (Fsp3) is 0.238. The van der Waals surface area contributed by atoms with E-state index in [0.29, 0.717) is 20.7 Å². The smallest absolute Gasteiger partial charge is 0.257 e. The molecule has 2 N–H and O–H groups in total. The molecule has 9 heteroatoms. The molecular weight excluding hydrogens is 423 g/mol. The molecule has 30 heavy (non-hydrogen) atoms. The summed E-state index contributed by atoms with van der Waals surface area (Å²) in [5.74, 6) is -0.886. The molecule has 0 spiro atoms. The van der Waals surface area contributed by atoms with E-state index in [4.69, 9.17) is 0 Å². The van der Waals surface area contributed by atoms with Gasteiger partial charge in [0.15, 0.2) is 4.34 Å². The number of halogens is 1. The Morgan fingerprint density at radius 1 is 1.07 bits per heavy atom. The van der Waals surface area contributed by atoms with Gasteiger partial charge < -0.3 is 5.32 Å². The van der Waals surface area contributed by atoms with Gasteiger partial charge in [0.2, 0.25) is 11.0 Å². The summed E-state index contributed by atoms with van der Waals surface area (Å²) >= 11 is 2.37. The molecule has 1 heterocycles. The first-order valence-corrected chi connectivity index (χ1v) is 10.9. The second-order valence-electron chi connectivity index (χ2n) is 7.50. The van der Waals surface area contributed by atoms with E-state index in [1.807, 2.05) is 12.1 Å². The molecule has 2 aromatic carbocycles. The first-order valence-electron chi connectivity index (χ1n) is 9.14. The fourth-order valence-corrected chi connectivity index (χ4v) is 4.05. The zero-order valence-electron chi connectivity index (χ0n) is 16.7. The molecule has 3 aromatic rings. The lowest BCUT2D eigenvalue weighted by molar-refractivity contribution is -0.113. The van der Waals surface area contributed by atoms with Gasteiger partial charge in [-0.15, -0.1) is 10.2 Å². The molecule has 156 valence electrons. The van der Waals surface area contributed by atoms with E-state index in [1.54, 1.807) is 18.2 Å². The zero-order valence-corrected chi connectivity index (χ0v) is 18.4. The fourth-order valence-electron chi connectivity index (χ4n) is 2.50. The lowest BCUT2D eigenvalue weighted by Crippen LogP contribution is -2.14. The predicted octanol–water partition coefficient (Wildman–Crippen LogP) is 4.96. The number of anilines is 2. The number of carbonyl (C=O) groups is 2. The molecule has 0 unspecified atom stereocenters. The number of benzene rings is 2. The summed E-state index contributed by atoms with van der Waals surface area (Å²) in [6, 6.07) is 13.1. The van der Waals surface area contributed by atoms with Gasteiger partial charge in [-0.1, -0.05) is 62.1 Å². The molecule has 0 atom stereocenters. The Labute approximate surface area is 182 Å². The summed E-state index contributed by atoms with van der Waals surface area (Å²) in [5.41, 5.74) is 2.08. The van der Waals surface area contributed by atoms with E-state index in [9.17, 15) is 14.0 Å². The third kappa shape index (κ3) is 6.11. The topological polar surface area (TPSA) is 84.0 Å². The maximum atomic E-state index is 13.2. The molecule has 1 aromatic heterocycles. The Hall–Kier alpha value is -2.78. The maximum absolute atomic E-state index is 13.2. The van der Waals surface area contributed by atoms with Crippen LogP contribution in [0.3, 0.4) is 0 Å². The van der Waals surface area contributed by atoms with Crippen LogP contribution in [0.1, 0.15) is 36.7 Å². The SMILES string of the molecule is CC(C)(C)c1ccc(C(=O)Nc2nnc(SCC(=O)Nc3cccc(F)c3)s2)cc1. The first-order chi connectivity index (χ1) is 14.2. The van der Waals surface area contributed by atoms with E-state index in [2.05, 4.69) is 41.6 Å². The average molecular weight is 445 g/mol. The van der Waals surface area contributed by atoms with Crippen molar-refractivity contribution in [3.8, 4) is 0 Å². The molecule has 0 aliphatic rings. The maximum Gasteiger partial charge on any atom is 0.257 e. The number of nitrogens with zero attached hydrogens (tertiary/aromatic N) is 2. The second kappa shape index (κ2) is 9.36. The van der Waals surface area contributed by atoms with Crippen molar-refractivity contribution >= 4 is 45.7 Å². The van der Waals surface area contributed by atoms with Gasteiger partial charge in [-0.3, -0.25) is 14.9 Å². The Bertz CT molecular complexity index is 1050. The number of rotatable bonds is 6. The van der Waals surface area contributed by atoms with Gasteiger partial charge in [0.05, 0.1) is 5.75 Å². The summed E-state index contributed by atoms with van der Waals surface area (Å²) in [6.07, 6.45) is 0. The largest absolute Gasteiger partial charge is 0.325 e. The van der Waals surface area contributed by atoms with Crippen molar-refractivity contribution in [1.29, 1.82) is 0 Å². The normalized spacial score (nSPS) is 11.2. The van der Waals surface area contributed by atoms with Gasteiger partial charge >= 0.3 is 0 Å². The summed E-state index contributed by atoms with van der Waals surface area (Å²) in [4.78, 5) is 24.4. The lowest BCUT2D eigenvalue weighted by Gasteiger charge is -2.18. The van der Waals surface area contributed by atoms with Crippen LogP contribution < -0.4 is 10.6 Å². The summed E-state index contributed by atoms with van der Waals surface area (Å²) in [5, 5.41) is 13.6. The number of carbonyl (C=O) groups excluding carboxylic acids is 2. The van der Waals surface area contributed by atoms with E-state index in [1.165, 1.54) is 41.3 Å². The first kappa shape index (κ1) is 21.9. The monoisotopic (exact) mass is 444 g/mol. The molecular formula is C21H21FN4O2S2. The minimum absolute atomic E-state index is 0.0152. The van der Waals surface area contributed by atoms with Crippen molar-refractivity contribution in [2.24, 2.45) is 0 Å². The van der Waals surface area contributed by atoms with E-state index < -0.39 is 5.82 Å². The Balaban J connectivity index is 1.52. The highest BCUT2D eigenvalue weighted by molar-refractivity contribution is 8.01. The molecule has 6 nitrogen and oxygen atoms in total. The molecule has 3 rings (SSSR count). The number of aromatic nitrogens is 2. The lowest BCUT2D eigenvalue weighted by atomic mass is 9.87. The van der Waals surface area contributed by atoms with Gasteiger partial charge in [0.25, 0.3) is 5.91 Å². The minimum Gasteiger partial charge on any atom is -0.325 e. The van der Waals surface area contributed by atoms with Crippen LogP contribution in [0.15, 0.2) is 52.9 Å². The quantitative estimate of drug-likeness (QED) is 0.415. The molecule has 0 radical (unpaired) electrons. The number of nitrogens with one attached hydrogen (secondary N) is 2. The number of hydrogen-bond acceptors (Lipinski definition) is 6. The Morgan fingerprint density at radius 2 is 1.80 bits per heavy atom. The van der Waals surface area contributed by atoms with Crippen LogP contribution in [-0.4, -0.2) is 27.8 Å². The molecule has 0 aliphatic carbocycles. The standard InChI is InChI=1S/C21H21FN4O2S2/c1-21(2,3)14-9-7-13(8-10-14)18(28)24-19-25-26-20(30-19)29-12-17(27)23-16-6-4-5-15(22)11-16/h4-11H,12H2,1-3H3,(H,23,27)(H,24,25,28). The van der Waals surface area contributed by atoms with Crippen LogP contribution in [-0.2, 0) is 10.2 Å². The molecule has 2 amide bonds. The summed E-state index contributed by atoms with van der Waals surface area (Å²) in [7, 11) is 0. The van der Waals surface area contributed by atoms with Crippen LogP contribution in [0.25, 0.3) is 0 Å². The van der Waals surface area contributed by atoms with Crippen molar-refractivity contribution in [2.45, 2.75) is 30.5 Å². The Kier molecular flexibility index (Phi) is 6.84. The Morgan fingerprint density at radius 3 is 2.47 bits per heavy atom. The van der Waals surface area contributed by atoms with Gasteiger partial charge in [0.1, 0.15) is 5.82 Å². The summed E-state index contributed by atoms with van der Waals surface area (Å²) < 4.78 is 13.7. The van der Waals surface area contributed by atoms with Gasteiger partial charge in [-0.25, -0.2) is 4.39 Å². The third-order valence-corrected chi connectivity index (χ3v) is 6.05. The molecule has 0 saturated carbocycles. The van der Waals surface area contributed by atoms with Crippen molar-refractivity contribution in [2.75, 3.05) is 16.4 Å². The van der Waals surface area contributed by atoms with Crippen molar-refractivity contribution in [3.63, 3.8) is 0 Å². The zero-order chi connectivity index (χ0) is 21.7. The van der Waals surface area contributed by atoms with Crippen LogP contribution in [0.5, 0.6) is 0 Å². The van der Waals surface area contributed by atoms with Crippen LogP contribution in [0.2, 0.25) is 0 Å². The highest BCUT2D eigenvalue weighted by atomic mass is 32.2. The van der Waals surface area contributed by atoms with E-state index in [0.717, 1.165) is 5.56 Å². The number of hydrogen-bond donors (Lipinski definition) is 2. The molecule has 0 fully saturated rings. The van der Waals surface area contributed by atoms with E-state index >= 15 is 0 Å². The van der Waals surface area contributed by atoms with Crippen molar-refractivity contribution in [1.82, 2.24) is 10.2 Å². The molecule has 0 saturated heterocycles. The summed E-state index contributed by atoms with van der Waals surface area (Å²) in [6.45, 7) is 6.34. The highest BCUT2D eigenvalue weighted by Crippen LogP contribution is 2.26. The van der Waals surface area contributed by atoms with Gasteiger partial charge in [-0.2, -0.15) is 0 Å². The highest BCUT2D eigenvalue weighted by Gasteiger charge is 2.15. The van der Waals surface area contributed by atoms with Gasteiger partial charge in [0, 0.05) is 11.3 Å². The number of thioether (sulfide) groups is 1. The van der Waals surface area contributed by atoms with Crippen molar-refractivity contribution < 1.29 is 14.0 Å². The van der Waals surface area contributed by atoms with E-state index in [-0.39, 0.29) is 23.0 Å². The molecule has 0 aliphatic heterocycles.